The largest absolute Gasteiger partial charge is 0.401 e. The van der Waals surface area contributed by atoms with Gasteiger partial charge >= 0.3 is 6.01 Å². The van der Waals surface area contributed by atoms with Crippen LogP contribution in [0.15, 0.2) is 39.6 Å². The fraction of sp³-hybridized carbons (Fsp3) is 0.333. The molecule has 30 heavy (non-hydrogen) atoms. The van der Waals surface area contributed by atoms with E-state index < -0.39 is 27.8 Å². The fourth-order valence-corrected chi connectivity index (χ4v) is 5.06. The lowest BCUT2D eigenvalue weighted by Crippen LogP contribution is -2.43. The third-order valence-corrected chi connectivity index (χ3v) is 6.73. The van der Waals surface area contributed by atoms with Crippen LogP contribution in [0.2, 0.25) is 0 Å². The molecule has 1 amide bonds. The molecule has 1 N–H and O–H groups in total. The highest BCUT2D eigenvalue weighted by atomic mass is 32.2. The summed E-state index contributed by atoms with van der Waals surface area (Å²) in [5.41, 5.74) is 1.35. The molecule has 1 aromatic carbocycles. The summed E-state index contributed by atoms with van der Waals surface area (Å²) in [5, 5.41) is 14.4. The number of nitrogens with one attached hydrogen (secondary N) is 1. The van der Waals surface area contributed by atoms with Crippen molar-refractivity contribution in [3.05, 3.63) is 41.8 Å². The van der Waals surface area contributed by atoms with Crippen molar-refractivity contribution in [2.75, 3.05) is 11.9 Å². The van der Waals surface area contributed by atoms with E-state index in [0.717, 1.165) is 22.1 Å². The number of benzene rings is 1. The second-order valence-electron chi connectivity index (χ2n) is 6.92. The summed E-state index contributed by atoms with van der Waals surface area (Å²) in [6, 6.07) is 5.17. The van der Waals surface area contributed by atoms with Gasteiger partial charge in [0.1, 0.15) is 17.6 Å². The van der Waals surface area contributed by atoms with Gasteiger partial charge in [-0.2, -0.15) is 9.40 Å². The Morgan fingerprint density at radius 1 is 1.27 bits per heavy atom. The van der Waals surface area contributed by atoms with Gasteiger partial charge in [-0.25, -0.2) is 12.8 Å². The molecule has 2 aromatic heterocycles. The van der Waals surface area contributed by atoms with Crippen LogP contribution in [-0.2, 0) is 21.9 Å². The maximum atomic E-state index is 13.1. The van der Waals surface area contributed by atoms with Crippen LogP contribution in [0.4, 0.5) is 10.4 Å². The summed E-state index contributed by atoms with van der Waals surface area (Å²) in [7, 11) is -2.23. The summed E-state index contributed by atoms with van der Waals surface area (Å²) < 4.78 is 47.1. The molecule has 3 aromatic rings. The van der Waals surface area contributed by atoms with Gasteiger partial charge in [0, 0.05) is 13.6 Å². The summed E-state index contributed by atoms with van der Waals surface area (Å²) in [6.07, 6.45) is 0.857. The normalized spacial score (nSPS) is 17.4. The van der Waals surface area contributed by atoms with E-state index in [2.05, 4.69) is 20.6 Å². The molecule has 12 heteroatoms. The molecular weight excluding hydrogens is 415 g/mol. The minimum absolute atomic E-state index is 0.0738. The first-order chi connectivity index (χ1) is 14.3. The maximum Gasteiger partial charge on any atom is 0.322 e. The molecule has 1 aliphatic heterocycles. The number of carbonyl (C=O) groups excluding carboxylic acids is 1. The van der Waals surface area contributed by atoms with Crippen molar-refractivity contribution in [3.63, 3.8) is 0 Å². The number of anilines is 1. The van der Waals surface area contributed by atoms with Crippen LogP contribution in [0.25, 0.3) is 11.6 Å². The average Bonchev–Trinajstić information content (AvgIpc) is 3.42. The number of aryl methyl sites for hydroxylation is 2. The molecule has 1 atom stereocenters. The van der Waals surface area contributed by atoms with Crippen molar-refractivity contribution in [3.8, 4) is 11.6 Å². The molecule has 3 heterocycles. The first kappa shape index (κ1) is 20.2. The molecule has 4 rings (SSSR count). The van der Waals surface area contributed by atoms with E-state index in [1.165, 1.54) is 12.1 Å². The molecular formula is C18H19FN6O4S. The average molecular weight is 434 g/mol. The SMILES string of the molecule is Cc1cc(-c2nnc(NC(=O)[C@@H]3CCCN3S(=O)(=O)c3ccc(F)cc3)o2)n(C)n1. The first-order valence-electron chi connectivity index (χ1n) is 9.18. The fourth-order valence-electron chi connectivity index (χ4n) is 3.41. The van der Waals surface area contributed by atoms with Crippen LogP contribution in [0.5, 0.6) is 0 Å². The highest BCUT2D eigenvalue weighted by molar-refractivity contribution is 7.89. The number of sulfonamides is 1. The monoisotopic (exact) mass is 434 g/mol. The lowest BCUT2D eigenvalue weighted by molar-refractivity contribution is -0.119. The van der Waals surface area contributed by atoms with Gasteiger partial charge in [-0.05, 0) is 50.1 Å². The van der Waals surface area contributed by atoms with E-state index in [0.29, 0.717) is 18.5 Å². The minimum atomic E-state index is -3.95. The van der Waals surface area contributed by atoms with Gasteiger partial charge in [-0.3, -0.25) is 14.8 Å². The Morgan fingerprint density at radius 3 is 2.67 bits per heavy atom. The van der Waals surface area contributed by atoms with E-state index in [9.17, 15) is 17.6 Å². The lowest BCUT2D eigenvalue weighted by atomic mass is 10.2. The summed E-state index contributed by atoms with van der Waals surface area (Å²) >= 11 is 0. The quantitative estimate of drug-likeness (QED) is 0.648. The van der Waals surface area contributed by atoms with Crippen LogP contribution in [0.1, 0.15) is 18.5 Å². The molecule has 1 saturated heterocycles. The van der Waals surface area contributed by atoms with Crippen molar-refractivity contribution in [1.29, 1.82) is 0 Å². The van der Waals surface area contributed by atoms with E-state index in [-0.39, 0.29) is 23.3 Å². The van der Waals surface area contributed by atoms with Gasteiger partial charge in [0.25, 0.3) is 5.89 Å². The standard InChI is InChI=1S/C18H19FN6O4S/c1-11-10-15(24(2)23-11)17-21-22-18(29-17)20-16(26)14-4-3-9-25(14)30(27,28)13-7-5-12(19)6-8-13/h5-8,10,14H,3-4,9H2,1-2H3,(H,20,22,26)/t14-/m0/s1. The van der Waals surface area contributed by atoms with Gasteiger partial charge < -0.3 is 4.42 Å². The van der Waals surface area contributed by atoms with Gasteiger partial charge in [-0.15, -0.1) is 5.10 Å². The van der Waals surface area contributed by atoms with E-state index >= 15 is 0 Å². The van der Waals surface area contributed by atoms with E-state index in [1.54, 1.807) is 17.8 Å². The Morgan fingerprint density at radius 2 is 2.00 bits per heavy atom. The van der Waals surface area contributed by atoms with E-state index in [4.69, 9.17) is 4.42 Å². The van der Waals surface area contributed by atoms with Crippen LogP contribution in [0, 0.1) is 12.7 Å². The smallest absolute Gasteiger partial charge is 0.322 e. The van der Waals surface area contributed by atoms with Crippen molar-refractivity contribution < 1.29 is 22.0 Å². The molecule has 0 aliphatic carbocycles. The van der Waals surface area contributed by atoms with Gasteiger partial charge in [0.2, 0.25) is 15.9 Å². The summed E-state index contributed by atoms with van der Waals surface area (Å²) in [5.74, 6) is -0.939. The van der Waals surface area contributed by atoms with Crippen molar-refractivity contribution in [1.82, 2.24) is 24.3 Å². The van der Waals surface area contributed by atoms with Crippen molar-refractivity contribution in [2.24, 2.45) is 7.05 Å². The van der Waals surface area contributed by atoms with Crippen LogP contribution >= 0.6 is 0 Å². The van der Waals surface area contributed by atoms with Crippen LogP contribution < -0.4 is 5.32 Å². The molecule has 10 nitrogen and oxygen atoms in total. The Kier molecular flexibility index (Phi) is 5.12. The number of hydrogen-bond donors (Lipinski definition) is 1. The molecule has 0 radical (unpaired) electrons. The number of rotatable bonds is 5. The Hall–Kier alpha value is -3.12. The highest BCUT2D eigenvalue weighted by Crippen LogP contribution is 2.27. The van der Waals surface area contributed by atoms with Gasteiger partial charge in [0.15, 0.2) is 0 Å². The maximum absolute atomic E-state index is 13.1. The predicted molar refractivity (Wildman–Crippen MR) is 103 cm³/mol. The third kappa shape index (κ3) is 3.71. The minimum Gasteiger partial charge on any atom is -0.401 e. The second-order valence-corrected chi connectivity index (χ2v) is 8.81. The topological polar surface area (TPSA) is 123 Å². The highest BCUT2D eigenvalue weighted by Gasteiger charge is 2.40. The van der Waals surface area contributed by atoms with Crippen molar-refractivity contribution >= 4 is 21.9 Å². The number of nitrogens with zero attached hydrogens (tertiary/aromatic N) is 5. The number of aromatic nitrogens is 4. The van der Waals surface area contributed by atoms with Gasteiger partial charge in [0.05, 0.1) is 10.6 Å². The molecule has 1 aliphatic rings. The third-order valence-electron chi connectivity index (χ3n) is 4.80. The Labute approximate surface area is 171 Å². The molecule has 0 saturated carbocycles. The van der Waals surface area contributed by atoms with Crippen molar-refractivity contribution in [2.45, 2.75) is 30.7 Å². The number of halogens is 1. The molecule has 0 spiro atoms. The van der Waals surface area contributed by atoms with Crippen LogP contribution in [-0.4, -0.2) is 51.2 Å². The number of hydrogen-bond acceptors (Lipinski definition) is 7. The lowest BCUT2D eigenvalue weighted by Gasteiger charge is -2.22. The Balaban J connectivity index is 1.52. The second kappa shape index (κ2) is 7.61. The number of amides is 1. The van der Waals surface area contributed by atoms with E-state index in [1.807, 2.05) is 6.92 Å². The predicted octanol–water partition coefficient (Wildman–Crippen LogP) is 1.71. The molecule has 0 unspecified atom stereocenters. The number of carbonyl (C=O) groups is 1. The molecule has 1 fully saturated rings. The zero-order chi connectivity index (χ0) is 21.5. The summed E-state index contributed by atoms with van der Waals surface area (Å²) in [4.78, 5) is 12.7. The summed E-state index contributed by atoms with van der Waals surface area (Å²) in [6.45, 7) is 2.00. The van der Waals surface area contributed by atoms with Crippen LogP contribution in [0.3, 0.4) is 0 Å². The zero-order valence-electron chi connectivity index (χ0n) is 16.2. The Bertz CT molecular complexity index is 1190. The molecule has 0 bridgehead atoms. The molecule has 158 valence electrons. The zero-order valence-corrected chi connectivity index (χ0v) is 17.1. The van der Waals surface area contributed by atoms with Gasteiger partial charge in [-0.1, -0.05) is 5.10 Å². The first-order valence-corrected chi connectivity index (χ1v) is 10.6.